The first kappa shape index (κ1) is 20.4. The lowest BCUT2D eigenvalue weighted by Crippen LogP contribution is -2.28. The van der Waals surface area contributed by atoms with Crippen molar-refractivity contribution in [3.63, 3.8) is 0 Å². The Labute approximate surface area is 176 Å². The Kier molecular flexibility index (Phi) is 7.11. The molecule has 1 atom stereocenters. The second-order valence-corrected chi connectivity index (χ2v) is 8.00. The molecule has 0 bridgehead atoms. The van der Waals surface area contributed by atoms with Crippen LogP contribution in [-0.4, -0.2) is 33.0 Å². The molecule has 1 amide bonds. The summed E-state index contributed by atoms with van der Waals surface area (Å²) in [5.41, 5.74) is 0.587. The summed E-state index contributed by atoms with van der Waals surface area (Å²) in [5, 5.41) is 12.2. The lowest BCUT2D eigenvalue weighted by molar-refractivity contribution is 0.0937. The van der Waals surface area contributed by atoms with Crippen LogP contribution in [0.15, 0.2) is 64.2 Å². The Bertz CT molecular complexity index is 933. The Morgan fingerprint density at radius 1 is 1.18 bits per heavy atom. The molecule has 146 valence electrons. The smallest absolute Gasteiger partial charge is 0.253 e. The van der Waals surface area contributed by atoms with E-state index < -0.39 is 0 Å². The van der Waals surface area contributed by atoms with Crippen molar-refractivity contribution >= 4 is 33.6 Å². The van der Waals surface area contributed by atoms with E-state index in [1.54, 1.807) is 17.8 Å². The van der Waals surface area contributed by atoms with Crippen molar-refractivity contribution < 1.29 is 9.53 Å². The first-order chi connectivity index (χ1) is 13.6. The van der Waals surface area contributed by atoms with Crippen LogP contribution in [0, 0.1) is 0 Å². The molecule has 0 aliphatic heterocycles. The molecule has 1 N–H and O–H groups in total. The van der Waals surface area contributed by atoms with Gasteiger partial charge in [0.05, 0.1) is 18.2 Å². The van der Waals surface area contributed by atoms with Crippen molar-refractivity contribution in [3.8, 4) is 5.75 Å². The number of nitrogens with one attached hydrogen (secondary N) is 1. The molecular formula is C20H21BrN4O2S. The van der Waals surface area contributed by atoms with Gasteiger partial charge in [-0.25, -0.2) is 0 Å². The second kappa shape index (κ2) is 9.75. The number of para-hydroxylation sites is 1. The van der Waals surface area contributed by atoms with Crippen molar-refractivity contribution in [2.75, 3.05) is 12.4 Å². The van der Waals surface area contributed by atoms with E-state index in [4.69, 9.17) is 4.74 Å². The number of rotatable bonds is 8. The number of ether oxygens (including phenoxy) is 1. The molecule has 6 nitrogen and oxygen atoms in total. The fourth-order valence-electron chi connectivity index (χ4n) is 2.62. The normalized spacial score (nSPS) is 11.8. The van der Waals surface area contributed by atoms with Gasteiger partial charge in [-0.2, -0.15) is 0 Å². The molecule has 0 spiro atoms. The van der Waals surface area contributed by atoms with Gasteiger partial charge in [0.1, 0.15) is 5.75 Å². The first-order valence-corrected chi connectivity index (χ1v) is 10.6. The van der Waals surface area contributed by atoms with Crippen LogP contribution in [0.25, 0.3) is 0 Å². The predicted octanol–water partition coefficient (Wildman–Crippen LogP) is 4.24. The molecule has 2 aromatic carbocycles. The third-order valence-corrected chi connectivity index (χ3v) is 5.72. The van der Waals surface area contributed by atoms with Crippen LogP contribution in [0.3, 0.4) is 0 Å². The van der Waals surface area contributed by atoms with Crippen molar-refractivity contribution in [2.24, 2.45) is 7.05 Å². The molecule has 1 heterocycles. The average Bonchev–Trinajstić information content (AvgIpc) is 3.07. The zero-order chi connectivity index (χ0) is 19.9. The number of nitrogens with zero attached hydrogens (tertiary/aromatic N) is 3. The highest BCUT2D eigenvalue weighted by molar-refractivity contribution is 9.10. The molecule has 0 aliphatic carbocycles. The lowest BCUT2D eigenvalue weighted by Gasteiger charge is -2.14. The average molecular weight is 461 g/mol. The van der Waals surface area contributed by atoms with Gasteiger partial charge in [0, 0.05) is 17.3 Å². The summed E-state index contributed by atoms with van der Waals surface area (Å²) in [7, 11) is 1.90. The van der Waals surface area contributed by atoms with E-state index in [2.05, 4.69) is 31.4 Å². The van der Waals surface area contributed by atoms with Gasteiger partial charge in [-0.05, 0) is 47.1 Å². The largest absolute Gasteiger partial charge is 0.493 e. The highest BCUT2D eigenvalue weighted by Crippen LogP contribution is 2.21. The summed E-state index contributed by atoms with van der Waals surface area (Å²) in [5.74, 6) is 2.14. The standard InChI is InChI=1S/C20H21BrN4O2S/c1-14(22-19(26)16-10-6-7-11-17(16)21)18-23-24-20(25(18)2)28-13-12-27-15-8-4-3-5-9-15/h3-11,14H,12-13H2,1-2H3,(H,22,26)/t14-/m0/s1. The van der Waals surface area contributed by atoms with E-state index in [1.165, 1.54) is 0 Å². The van der Waals surface area contributed by atoms with Crippen molar-refractivity contribution in [1.29, 1.82) is 0 Å². The van der Waals surface area contributed by atoms with Gasteiger partial charge in [-0.1, -0.05) is 42.1 Å². The third kappa shape index (κ3) is 5.14. The van der Waals surface area contributed by atoms with Crippen LogP contribution >= 0.6 is 27.7 Å². The monoisotopic (exact) mass is 460 g/mol. The topological polar surface area (TPSA) is 69.0 Å². The molecule has 0 fully saturated rings. The Morgan fingerprint density at radius 3 is 2.64 bits per heavy atom. The summed E-state index contributed by atoms with van der Waals surface area (Å²) in [4.78, 5) is 12.5. The number of aromatic nitrogens is 3. The van der Waals surface area contributed by atoms with Gasteiger partial charge in [0.15, 0.2) is 11.0 Å². The van der Waals surface area contributed by atoms with Gasteiger partial charge < -0.3 is 14.6 Å². The molecule has 0 saturated heterocycles. The molecule has 0 radical (unpaired) electrons. The minimum Gasteiger partial charge on any atom is -0.493 e. The molecule has 0 aliphatic rings. The summed E-state index contributed by atoms with van der Waals surface area (Å²) in [6.07, 6.45) is 0. The van der Waals surface area contributed by atoms with E-state index in [0.717, 1.165) is 21.1 Å². The fourth-order valence-corrected chi connectivity index (χ4v) is 3.82. The van der Waals surface area contributed by atoms with Gasteiger partial charge in [-0.15, -0.1) is 10.2 Å². The highest BCUT2D eigenvalue weighted by Gasteiger charge is 2.19. The summed E-state index contributed by atoms with van der Waals surface area (Å²) >= 11 is 4.97. The molecule has 0 saturated carbocycles. The van der Waals surface area contributed by atoms with Crippen LogP contribution < -0.4 is 10.1 Å². The second-order valence-electron chi connectivity index (χ2n) is 6.08. The predicted molar refractivity (Wildman–Crippen MR) is 114 cm³/mol. The molecule has 8 heteroatoms. The van der Waals surface area contributed by atoms with Crippen LogP contribution in [0.2, 0.25) is 0 Å². The van der Waals surface area contributed by atoms with Gasteiger partial charge in [-0.3, -0.25) is 4.79 Å². The van der Waals surface area contributed by atoms with Crippen LogP contribution in [0.4, 0.5) is 0 Å². The Morgan fingerprint density at radius 2 is 1.89 bits per heavy atom. The Hall–Kier alpha value is -2.32. The van der Waals surface area contributed by atoms with Crippen LogP contribution in [0.5, 0.6) is 5.75 Å². The summed E-state index contributed by atoms with van der Waals surface area (Å²) < 4.78 is 8.35. The fraction of sp³-hybridized carbons (Fsp3) is 0.250. The molecule has 1 aromatic heterocycles. The third-order valence-electron chi connectivity index (χ3n) is 4.05. The molecule has 28 heavy (non-hydrogen) atoms. The minimum absolute atomic E-state index is 0.159. The van der Waals surface area contributed by atoms with Crippen molar-refractivity contribution in [1.82, 2.24) is 20.1 Å². The maximum absolute atomic E-state index is 12.5. The molecule has 3 rings (SSSR count). The van der Waals surface area contributed by atoms with Crippen LogP contribution in [-0.2, 0) is 7.05 Å². The molecular weight excluding hydrogens is 440 g/mol. The number of benzene rings is 2. The lowest BCUT2D eigenvalue weighted by atomic mass is 10.2. The van der Waals surface area contributed by atoms with E-state index in [0.29, 0.717) is 18.0 Å². The molecule has 0 unspecified atom stereocenters. The van der Waals surface area contributed by atoms with Crippen LogP contribution in [0.1, 0.15) is 29.1 Å². The van der Waals surface area contributed by atoms with Gasteiger partial charge in [0.25, 0.3) is 5.91 Å². The van der Waals surface area contributed by atoms with E-state index in [1.807, 2.05) is 67.1 Å². The van der Waals surface area contributed by atoms with Gasteiger partial charge in [0.2, 0.25) is 0 Å². The Balaban J connectivity index is 1.54. The molecule has 3 aromatic rings. The van der Waals surface area contributed by atoms with E-state index in [-0.39, 0.29) is 11.9 Å². The van der Waals surface area contributed by atoms with E-state index >= 15 is 0 Å². The number of carbonyl (C=O) groups is 1. The highest BCUT2D eigenvalue weighted by atomic mass is 79.9. The van der Waals surface area contributed by atoms with E-state index in [9.17, 15) is 4.79 Å². The number of amides is 1. The minimum atomic E-state index is -0.271. The van der Waals surface area contributed by atoms with Crippen molar-refractivity contribution in [2.45, 2.75) is 18.1 Å². The number of carbonyl (C=O) groups excluding carboxylic acids is 1. The maximum Gasteiger partial charge on any atom is 0.253 e. The quantitative estimate of drug-likeness (QED) is 0.402. The number of thioether (sulfide) groups is 1. The summed E-state index contributed by atoms with van der Waals surface area (Å²) in [6, 6.07) is 16.8. The number of hydrogen-bond acceptors (Lipinski definition) is 5. The maximum atomic E-state index is 12.5. The summed E-state index contributed by atoms with van der Waals surface area (Å²) in [6.45, 7) is 2.47. The number of halogens is 1. The first-order valence-electron chi connectivity index (χ1n) is 8.81. The zero-order valence-electron chi connectivity index (χ0n) is 15.6. The number of hydrogen-bond donors (Lipinski definition) is 1. The van der Waals surface area contributed by atoms with Gasteiger partial charge >= 0.3 is 0 Å². The zero-order valence-corrected chi connectivity index (χ0v) is 18.0. The van der Waals surface area contributed by atoms with Crippen molar-refractivity contribution in [3.05, 3.63) is 70.5 Å². The SMILES string of the molecule is C[C@H](NC(=O)c1ccccc1Br)c1nnc(SCCOc2ccccc2)n1C.